The van der Waals surface area contributed by atoms with Gasteiger partial charge < -0.3 is 25.7 Å². The Morgan fingerprint density at radius 1 is 1.27 bits per heavy atom. The van der Waals surface area contributed by atoms with Gasteiger partial charge in [0, 0.05) is 5.56 Å². The quantitative estimate of drug-likeness (QED) is 0.494. The molecule has 0 saturated carbocycles. The SMILES string of the molecule is CCOc1ccc(C(=O)CC[NH2+]C(CC(N)=O)C(=O)[O-])cc1. The summed E-state index contributed by atoms with van der Waals surface area (Å²) in [5.74, 6) is -1.52. The van der Waals surface area contributed by atoms with Crippen LogP contribution in [0.15, 0.2) is 24.3 Å². The third kappa shape index (κ3) is 5.92. The van der Waals surface area contributed by atoms with E-state index in [1.54, 1.807) is 24.3 Å². The van der Waals surface area contributed by atoms with Gasteiger partial charge in [0.15, 0.2) is 5.78 Å². The molecule has 0 aliphatic rings. The summed E-state index contributed by atoms with van der Waals surface area (Å²) in [7, 11) is 0. The summed E-state index contributed by atoms with van der Waals surface area (Å²) in [6, 6.07) is 5.67. The summed E-state index contributed by atoms with van der Waals surface area (Å²) in [5, 5.41) is 12.2. The van der Waals surface area contributed by atoms with Gasteiger partial charge in [0.05, 0.1) is 32.0 Å². The van der Waals surface area contributed by atoms with Crippen LogP contribution in [0.4, 0.5) is 0 Å². The number of hydrogen-bond acceptors (Lipinski definition) is 5. The van der Waals surface area contributed by atoms with Crippen LogP contribution in [-0.4, -0.2) is 36.9 Å². The second-order valence-electron chi connectivity index (χ2n) is 4.75. The normalized spacial score (nSPS) is 11.7. The molecular weight excluding hydrogens is 288 g/mol. The predicted molar refractivity (Wildman–Crippen MR) is 76.0 cm³/mol. The molecule has 0 aliphatic carbocycles. The minimum absolute atomic E-state index is 0.115. The second-order valence-corrected chi connectivity index (χ2v) is 4.75. The van der Waals surface area contributed by atoms with Crippen LogP contribution in [0.25, 0.3) is 0 Å². The first-order chi connectivity index (χ1) is 10.4. The highest BCUT2D eigenvalue weighted by molar-refractivity contribution is 5.96. The molecular formula is C15H20N2O5. The van der Waals surface area contributed by atoms with Gasteiger partial charge in [-0.25, -0.2) is 0 Å². The molecule has 0 spiro atoms. The molecule has 0 bridgehead atoms. The number of hydrogen-bond donors (Lipinski definition) is 2. The topological polar surface area (TPSA) is 126 Å². The average molecular weight is 308 g/mol. The molecule has 1 amide bonds. The third-order valence-electron chi connectivity index (χ3n) is 3.03. The highest BCUT2D eigenvalue weighted by Crippen LogP contribution is 2.13. The van der Waals surface area contributed by atoms with Gasteiger partial charge >= 0.3 is 0 Å². The van der Waals surface area contributed by atoms with E-state index in [4.69, 9.17) is 10.5 Å². The van der Waals surface area contributed by atoms with Crippen molar-refractivity contribution in [2.24, 2.45) is 5.73 Å². The molecule has 7 heteroatoms. The first kappa shape index (κ1) is 17.6. The molecule has 1 unspecified atom stereocenters. The number of carbonyl (C=O) groups is 3. The number of carboxylic acid groups (broad SMARTS) is 1. The zero-order chi connectivity index (χ0) is 16.5. The summed E-state index contributed by atoms with van der Waals surface area (Å²) in [6.45, 7) is 2.65. The number of Topliss-reactive ketones (excluding diaryl/α,β-unsaturated/α-hetero) is 1. The average Bonchev–Trinajstić information content (AvgIpc) is 2.46. The van der Waals surface area contributed by atoms with Crippen molar-refractivity contribution in [3.63, 3.8) is 0 Å². The Hall–Kier alpha value is -2.41. The van der Waals surface area contributed by atoms with Crippen LogP contribution in [0.3, 0.4) is 0 Å². The molecule has 120 valence electrons. The van der Waals surface area contributed by atoms with Gasteiger partial charge in [0.25, 0.3) is 0 Å². The van der Waals surface area contributed by atoms with Gasteiger partial charge in [0.1, 0.15) is 11.8 Å². The summed E-state index contributed by atoms with van der Waals surface area (Å²) in [6.07, 6.45) is -0.171. The molecule has 7 nitrogen and oxygen atoms in total. The van der Waals surface area contributed by atoms with Gasteiger partial charge in [0.2, 0.25) is 5.91 Å². The molecule has 0 saturated heterocycles. The van der Waals surface area contributed by atoms with Crippen molar-refractivity contribution in [2.45, 2.75) is 25.8 Å². The maximum Gasteiger partial charge on any atom is 0.223 e. The van der Waals surface area contributed by atoms with Crippen LogP contribution in [0.5, 0.6) is 5.75 Å². The van der Waals surface area contributed by atoms with E-state index >= 15 is 0 Å². The Labute approximate surface area is 128 Å². The minimum atomic E-state index is -1.37. The summed E-state index contributed by atoms with van der Waals surface area (Å²) in [4.78, 5) is 33.6. The van der Waals surface area contributed by atoms with Crippen molar-refractivity contribution in [3.05, 3.63) is 29.8 Å². The minimum Gasteiger partial charge on any atom is -0.544 e. The van der Waals surface area contributed by atoms with Crippen LogP contribution in [0, 0.1) is 0 Å². The van der Waals surface area contributed by atoms with Gasteiger partial charge in [-0.2, -0.15) is 0 Å². The lowest BCUT2D eigenvalue weighted by Crippen LogP contribution is -2.93. The number of rotatable bonds is 10. The van der Waals surface area contributed by atoms with Gasteiger partial charge in [-0.15, -0.1) is 0 Å². The van der Waals surface area contributed by atoms with E-state index < -0.39 is 17.9 Å². The van der Waals surface area contributed by atoms with Crippen molar-refractivity contribution in [3.8, 4) is 5.75 Å². The lowest BCUT2D eigenvalue weighted by molar-refractivity contribution is -0.681. The van der Waals surface area contributed by atoms with Crippen LogP contribution >= 0.6 is 0 Å². The van der Waals surface area contributed by atoms with Gasteiger partial charge in [-0.05, 0) is 31.2 Å². The maximum absolute atomic E-state index is 12.0. The molecule has 22 heavy (non-hydrogen) atoms. The Kier molecular flexibility index (Phi) is 7.04. The molecule has 0 aromatic heterocycles. The number of aliphatic carboxylic acids is 1. The van der Waals surface area contributed by atoms with Crippen LogP contribution in [-0.2, 0) is 9.59 Å². The molecule has 4 N–H and O–H groups in total. The molecule has 1 rings (SSSR count). The molecule has 0 aliphatic heterocycles. The number of benzene rings is 1. The standard InChI is InChI=1S/C15H20N2O5/c1-2-22-11-5-3-10(4-6-11)13(18)7-8-17-12(15(20)21)9-14(16)19/h3-6,12,17H,2,7-9H2,1H3,(H2,16,19)(H,20,21). The monoisotopic (exact) mass is 308 g/mol. The number of primary amides is 1. The summed E-state index contributed by atoms with van der Waals surface area (Å²) >= 11 is 0. The number of ketones is 1. The molecule has 1 aromatic rings. The Morgan fingerprint density at radius 2 is 1.91 bits per heavy atom. The molecule has 1 aromatic carbocycles. The fraction of sp³-hybridized carbons (Fsp3) is 0.400. The summed E-state index contributed by atoms with van der Waals surface area (Å²) in [5.41, 5.74) is 5.49. The van der Waals surface area contributed by atoms with E-state index in [1.807, 2.05) is 6.92 Å². The fourth-order valence-electron chi connectivity index (χ4n) is 1.94. The van der Waals surface area contributed by atoms with E-state index in [-0.39, 0.29) is 25.2 Å². The highest BCUT2D eigenvalue weighted by atomic mass is 16.5. The smallest absolute Gasteiger partial charge is 0.223 e. The zero-order valence-electron chi connectivity index (χ0n) is 12.4. The first-order valence-electron chi connectivity index (χ1n) is 7.02. The molecule has 0 heterocycles. The van der Waals surface area contributed by atoms with Crippen molar-refractivity contribution in [1.82, 2.24) is 0 Å². The number of amides is 1. The lowest BCUT2D eigenvalue weighted by atomic mass is 10.1. The number of nitrogens with two attached hydrogens (primary N) is 2. The zero-order valence-corrected chi connectivity index (χ0v) is 12.4. The molecule has 0 radical (unpaired) electrons. The number of carbonyl (C=O) groups excluding carboxylic acids is 3. The predicted octanol–water partition coefficient (Wildman–Crippen LogP) is -1.78. The van der Waals surface area contributed by atoms with Crippen LogP contribution in [0.2, 0.25) is 0 Å². The molecule has 0 fully saturated rings. The number of ether oxygens (including phenoxy) is 1. The first-order valence-corrected chi connectivity index (χ1v) is 7.02. The largest absolute Gasteiger partial charge is 0.544 e. The Bertz CT molecular complexity index is 527. The third-order valence-corrected chi connectivity index (χ3v) is 3.03. The van der Waals surface area contributed by atoms with E-state index in [9.17, 15) is 19.5 Å². The lowest BCUT2D eigenvalue weighted by Gasteiger charge is -2.14. The maximum atomic E-state index is 12.0. The van der Waals surface area contributed by atoms with E-state index in [1.165, 1.54) is 5.32 Å². The Morgan fingerprint density at radius 3 is 2.41 bits per heavy atom. The van der Waals surface area contributed by atoms with Crippen molar-refractivity contribution < 1.29 is 29.5 Å². The van der Waals surface area contributed by atoms with E-state index in [0.29, 0.717) is 17.9 Å². The van der Waals surface area contributed by atoms with Crippen LogP contribution in [0.1, 0.15) is 30.1 Å². The van der Waals surface area contributed by atoms with Crippen LogP contribution < -0.4 is 20.9 Å². The van der Waals surface area contributed by atoms with Gasteiger partial charge in [-0.1, -0.05) is 0 Å². The number of carboxylic acids is 1. The second kappa shape index (κ2) is 8.78. The van der Waals surface area contributed by atoms with Crippen molar-refractivity contribution >= 4 is 17.7 Å². The molecule has 1 atom stereocenters. The highest BCUT2D eigenvalue weighted by Gasteiger charge is 2.17. The van der Waals surface area contributed by atoms with E-state index in [2.05, 4.69) is 0 Å². The van der Waals surface area contributed by atoms with Gasteiger partial charge in [-0.3, -0.25) is 9.59 Å². The fourth-order valence-corrected chi connectivity index (χ4v) is 1.94. The van der Waals surface area contributed by atoms with E-state index in [0.717, 1.165) is 0 Å². The summed E-state index contributed by atoms with van der Waals surface area (Å²) < 4.78 is 5.28. The Balaban J connectivity index is 2.47. The van der Waals surface area contributed by atoms with Crippen molar-refractivity contribution in [2.75, 3.05) is 13.2 Å². The number of quaternary nitrogens is 1. The van der Waals surface area contributed by atoms with Crippen molar-refractivity contribution in [1.29, 1.82) is 0 Å².